The molecule has 0 aromatic carbocycles. The van der Waals surface area contributed by atoms with Gasteiger partial charge in [-0.2, -0.15) is 0 Å². The quantitative estimate of drug-likeness (QED) is 0.0253. The van der Waals surface area contributed by atoms with Gasteiger partial charge in [0.2, 0.25) is 0 Å². The van der Waals surface area contributed by atoms with E-state index in [1.165, 1.54) is 192 Å². The molecule has 12 nitrogen and oxygen atoms in total. The summed E-state index contributed by atoms with van der Waals surface area (Å²) < 4.78 is 0. The molecule has 0 spiro atoms. The summed E-state index contributed by atoms with van der Waals surface area (Å²) in [7, 11) is 0. The van der Waals surface area contributed by atoms with Gasteiger partial charge in [0.15, 0.2) is 0 Å². The van der Waals surface area contributed by atoms with Gasteiger partial charge in [-0.05, 0) is 326 Å². The van der Waals surface area contributed by atoms with Gasteiger partial charge in [0.1, 0.15) is 0 Å². The Bertz CT molecular complexity index is 1870. The van der Waals surface area contributed by atoms with Gasteiger partial charge in [0.05, 0.1) is 0 Å². The summed E-state index contributed by atoms with van der Waals surface area (Å²) >= 11 is 0. The summed E-state index contributed by atoms with van der Waals surface area (Å²) in [6.07, 6.45) is 67.3. The number of rotatable bonds is 46. The molecular weight excluding hydrogens is 1240 g/mol. The van der Waals surface area contributed by atoms with Gasteiger partial charge in [-0.15, -0.1) is 0 Å². The van der Waals surface area contributed by atoms with Crippen molar-refractivity contribution in [2.75, 3.05) is 78.5 Å². The normalized spacial score (nSPS) is 27.9. The molecule has 19 unspecified atom stereocenters. The average Bonchev–Trinajstić information content (AvgIpc) is 0.848. The van der Waals surface area contributed by atoms with E-state index in [0.717, 1.165) is 199 Å². The van der Waals surface area contributed by atoms with Crippen LogP contribution in [-0.2, 0) is 0 Å². The molecule has 0 saturated heterocycles. The topological polar surface area (TPSA) is 312 Å². The van der Waals surface area contributed by atoms with Crippen molar-refractivity contribution in [2.24, 2.45) is 181 Å². The van der Waals surface area contributed by atoms with Crippen molar-refractivity contribution in [3.8, 4) is 0 Å². The monoisotopic (exact) mass is 1420 g/mol. The third-order valence-electron chi connectivity index (χ3n) is 24.7. The van der Waals surface area contributed by atoms with Crippen LogP contribution in [0.15, 0.2) is 60.3 Å². The van der Waals surface area contributed by atoms with Crippen molar-refractivity contribution in [3.05, 3.63) is 60.3 Å². The van der Waals surface area contributed by atoms with Crippen LogP contribution in [0.3, 0.4) is 0 Å². The Hall–Kier alpha value is -1.78. The first-order valence-electron chi connectivity index (χ1n) is 44.0. The van der Waals surface area contributed by atoms with Gasteiger partial charge >= 0.3 is 0 Å². The smallest absolute Gasteiger partial charge is 0.0106 e. The fourth-order valence-electron chi connectivity index (χ4n) is 19.6. The second kappa shape index (κ2) is 69.9. The van der Waals surface area contributed by atoms with Crippen LogP contribution in [-0.4, -0.2) is 78.5 Å². The van der Waals surface area contributed by atoms with Crippen LogP contribution in [0.1, 0.15) is 314 Å². The molecule has 4 fully saturated rings. The highest BCUT2D eigenvalue weighted by atomic mass is 14.6. The van der Waals surface area contributed by atoms with Crippen molar-refractivity contribution in [1.29, 1.82) is 0 Å². The van der Waals surface area contributed by atoms with Gasteiger partial charge in [-0.3, -0.25) is 0 Å². The van der Waals surface area contributed by atoms with Crippen molar-refractivity contribution in [1.82, 2.24) is 0 Å². The van der Waals surface area contributed by atoms with E-state index >= 15 is 0 Å². The molecule has 0 amide bonds. The largest absolute Gasteiger partial charge is 0.330 e. The van der Waals surface area contributed by atoms with Gasteiger partial charge in [-0.25, -0.2) is 0 Å². The highest BCUT2D eigenvalue weighted by molar-refractivity contribution is 5.09. The molecule has 4 rings (SSSR count). The van der Waals surface area contributed by atoms with Gasteiger partial charge in [-0.1, -0.05) is 227 Å². The van der Waals surface area contributed by atoms with E-state index in [0.29, 0.717) is 36.8 Å². The summed E-state index contributed by atoms with van der Waals surface area (Å²) in [5, 5.41) is 0. The third-order valence-corrected chi connectivity index (χ3v) is 24.7. The standard InChI is InChI=1S/C18H36N2.C18H34N2.C17H36N2.C17H34N2.C10H22N2.C9H22N2/c2*1-3-5-8-17-15(7-4-2)10-11-16(12-14-20)18(17)9-6-13-19;2*1-3-6-14-9-10-15(11-13-19)17(8-5-12-18)16(14)7-4-2;1-3-5-10(6-7-11)9(4-2)8-12;1-3-8(5-6-10)9(4-2)7-11/h5,8,15-18H,3-4,6-7,9-14,19-20H2,1-2H3;5-6,8-9,15-18H,3-4,7,10-14,19-20H2,1-2H3;14-17H,3-13,18-19H2,1-2H3;5,8,14-17H,3-4,6-7,9-13,18-19H2,1-2H3;5,9H,3-4,6-8,11-12H2,1-2H3;8-9H,3-7,10-11H2,1-2H3. The van der Waals surface area contributed by atoms with Crippen LogP contribution in [0.5, 0.6) is 0 Å². The Morgan fingerprint density at radius 2 is 0.634 bits per heavy atom. The molecule has 0 bridgehead atoms. The number of hydrogen-bond acceptors (Lipinski definition) is 12. The minimum atomic E-state index is 0.550. The van der Waals surface area contributed by atoms with Crippen LogP contribution in [0.2, 0.25) is 0 Å². The van der Waals surface area contributed by atoms with Gasteiger partial charge < -0.3 is 68.8 Å². The van der Waals surface area contributed by atoms with E-state index in [-0.39, 0.29) is 0 Å². The zero-order valence-electron chi connectivity index (χ0n) is 69.5. The van der Waals surface area contributed by atoms with Gasteiger partial charge in [0.25, 0.3) is 0 Å². The molecule has 19 atom stereocenters. The van der Waals surface area contributed by atoms with Crippen LogP contribution in [0.4, 0.5) is 0 Å². The van der Waals surface area contributed by atoms with E-state index in [4.69, 9.17) is 68.8 Å². The second-order valence-electron chi connectivity index (χ2n) is 31.5. The Labute approximate surface area is 630 Å². The lowest BCUT2D eigenvalue weighted by atomic mass is 9.62. The number of allylic oxidation sites excluding steroid dienone is 7. The Balaban J connectivity index is 0. The van der Waals surface area contributed by atoms with Crippen LogP contribution in [0.25, 0.3) is 0 Å². The minimum absolute atomic E-state index is 0.550. The first kappa shape index (κ1) is 101. The zero-order valence-corrected chi connectivity index (χ0v) is 69.5. The molecule has 0 aliphatic heterocycles. The molecule has 101 heavy (non-hydrogen) atoms. The van der Waals surface area contributed by atoms with Crippen molar-refractivity contribution >= 4 is 0 Å². The maximum Gasteiger partial charge on any atom is 0.0106 e. The molecule has 4 aliphatic rings. The van der Waals surface area contributed by atoms with Crippen LogP contribution in [0, 0.1) is 112 Å². The predicted molar refractivity (Wildman–Crippen MR) is 454 cm³/mol. The first-order chi connectivity index (χ1) is 49.2. The van der Waals surface area contributed by atoms with E-state index in [1.807, 2.05) is 0 Å². The van der Waals surface area contributed by atoms with Crippen molar-refractivity contribution in [3.63, 3.8) is 0 Å². The maximum atomic E-state index is 5.85. The lowest BCUT2D eigenvalue weighted by Gasteiger charge is -2.44. The first-order valence-corrected chi connectivity index (χ1v) is 44.0. The fraction of sp³-hybridized carbons (Fsp3) is 0.888. The highest BCUT2D eigenvalue weighted by Crippen LogP contribution is 2.49. The van der Waals surface area contributed by atoms with E-state index < -0.39 is 0 Å². The molecule has 0 aromatic rings. The minimum Gasteiger partial charge on any atom is -0.330 e. The van der Waals surface area contributed by atoms with Crippen molar-refractivity contribution in [2.45, 2.75) is 314 Å². The Morgan fingerprint density at radius 1 is 0.297 bits per heavy atom. The predicted octanol–water partition coefficient (Wildman–Crippen LogP) is 18.6. The van der Waals surface area contributed by atoms with E-state index in [2.05, 4.69) is 138 Å². The molecule has 0 heterocycles. The lowest BCUT2D eigenvalue weighted by Crippen LogP contribution is -2.36. The van der Waals surface area contributed by atoms with Crippen LogP contribution >= 0.6 is 0 Å². The number of hydrogen-bond donors (Lipinski definition) is 12. The molecule has 4 aliphatic carbocycles. The molecule has 24 N–H and O–H groups in total. The Morgan fingerprint density at radius 3 is 1.01 bits per heavy atom. The fourth-order valence-corrected chi connectivity index (χ4v) is 19.6. The number of nitrogens with two attached hydrogens (primary N) is 12. The second-order valence-corrected chi connectivity index (χ2v) is 31.5. The molecule has 600 valence electrons. The van der Waals surface area contributed by atoms with Gasteiger partial charge in [0, 0.05) is 13.1 Å². The van der Waals surface area contributed by atoms with E-state index in [1.54, 1.807) is 0 Å². The molecule has 0 aromatic heterocycles. The maximum absolute atomic E-state index is 5.85. The van der Waals surface area contributed by atoms with Crippen LogP contribution < -0.4 is 68.8 Å². The molecule has 4 saturated carbocycles. The summed E-state index contributed by atoms with van der Waals surface area (Å²) in [6.45, 7) is 36.6. The molecular formula is C89H184N12. The highest BCUT2D eigenvalue weighted by Gasteiger charge is 2.40. The summed E-state index contributed by atoms with van der Waals surface area (Å²) in [5.41, 5.74) is 70.0. The lowest BCUT2D eigenvalue weighted by molar-refractivity contribution is 0.0640. The summed E-state index contributed by atoms with van der Waals surface area (Å²) in [6, 6.07) is 0. The summed E-state index contributed by atoms with van der Waals surface area (Å²) in [4.78, 5) is 0. The molecule has 0 radical (unpaired) electrons. The summed E-state index contributed by atoms with van der Waals surface area (Å²) in [5.74, 6) is 15.2. The Kier molecular flexibility index (Phi) is 70.1. The van der Waals surface area contributed by atoms with E-state index in [9.17, 15) is 0 Å². The zero-order chi connectivity index (χ0) is 75.9. The van der Waals surface area contributed by atoms with Crippen molar-refractivity contribution < 1.29 is 0 Å². The average molecular weight is 1420 g/mol. The molecule has 12 heteroatoms. The third kappa shape index (κ3) is 42.0. The SMILES string of the molecule is CCC(CN)C(CC)CCN.CCC=C(CCN)C(CC)CN.CCC=CC1C(CCC)CCC(CCN)C1C=CCN.CCC=CC1C(CCC)CCC(CCN)C1CCCN.CCCC1CCC(CCN)C(C=CCN)C1CCC.CCCC1CCC(CCN)C(CCCN)C1CCC.